The van der Waals surface area contributed by atoms with Gasteiger partial charge in [0.15, 0.2) is 0 Å². The Morgan fingerprint density at radius 1 is 1.40 bits per heavy atom. The maximum atomic E-state index is 12.4. The Hall–Kier alpha value is -1.12. The molecule has 0 bridgehead atoms. The van der Waals surface area contributed by atoms with Gasteiger partial charge in [-0.1, -0.05) is 0 Å². The molecule has 0 aliphatic carbocycles. The molecule has 1 aromatic heterocycles. The number of nitrogen functional groups attached to an aromatic ring is 1. The molecular formula is C12H19N3O3S2. The maximum Gasteiger partial charge on any atom is 0.252 e. The summed E-state index contributed by atoms with van der Waals surface area (Å²) >= 11 is 1.13. The third-order valence-corrected chi connectivity index (χ3v) is 6.77. The monoisotopic (exact) mass is 317 g/mol. The van der Waals surface area contributed by atoms with Gasteiger partial charge in [-0.3, -0.25) is 4.79 Å². The first-order valence-corrected chi connectivity index (χ1v) is 8.69. The summed E-state index contributed by atoms with van der Waals surface area (Å²) in [5, 5.41) is 1.62. The minimum Gasteiger partial charge on any atom is -0.398 e. The molecule has 0 saturated carbocycles. The molecule has 2 N–H and O–H groups in total. The van der Waals surface area contributed by atoms with Crippen LogP contribution in [-0.4, -0.2) is 50.7 Å². The number of carbonyl (C=O) groups is 1. The molecule has 2 heterocycles. The van der Waals surface area contributed by atoms with E-state index in [4.69, 9.17) is 5.73 Å². The molecule has 1 amide bonds. The molecular weight excluding hydrogens is 298 g/mol. The van der Waals surface area contributed by atoms with Crippen molar-refractivity contribution in [3.63, 3.8) is 0 Å². The van der Waals surface area contributed by atoms with E-state index in [-0.39, 0.29) is 16.0 Å². The van der Waals surface area contributed by atoms with Gasteiger partial charge in [0.2, 0.25) is 5.91 Å². The van der Waals surface area contributed by atoms with Crippen molar-refractivity contribution in [2.75, 3.05) is 32.9 Å². The average Bonchev–Trinajstić information content (AvgIpc) is 2.85. The quantitative estimate of drug-likeness (QED) is 0.894. The van der Waals surface area contributed by atoms with Gasteiger partial charge in [-0.15, -0.1) is 11.3 Å². The van der Waals surface area contributed by atoms with Crippen molar-refractivity contribution in [1.82, 2.24) is 9.21 Å². The van der Waals surface area contributed by atoms with Gasteiger partial charge >= 0.3 is 0 Å². The van der Waals surface area contributed by atoms with Gasteiger partial charge in [0.05, 0.1) is 0 Å². The summed E-state index contributed by atoms with van der Waals surface area (Å²) in [6.07, 6.45) is 1.13. The van der Waals surface area contributed by atoms with E-state index in [1.807, 2.05) is 0 Å². The van der Waals surface area contributed by atoms with Crippen molar-refractivity contribution in [3.8, 4) is 0 Å². The molecule has 6 nitrogen and oxygen atoms in total. The van der Waals surface area contributed by atoms with Gasteiger partial charge in [0, 0.05) is 44.2 Å². The fraction of sp³-hybridized carbons (Fsp3) is 0.583. The minimum absolute atomic E-state index is 0.0717. The Morgan fingerprint density at radius 3 is 2.45 bits per heavy atom. The zero-order valence-corrected chi connectivity index (χ0v) is 13.2. The van der Waals surface area contributed by atoms with E-state index >= 15 is 0 Å². The highest BCUT2D eigenvalue weighted by Gasteiger charge is 2.33. The number of thiophene rings is 1. The van der Waals surface area contributed by atoms with Crippen LogP contribution in [0.5, 0.6) is 0 Å². The van der Waals surface area contributed by atoms with Crippen LogP contribution in [-0.2, 0) is 14.8 Å². The molecule has 0 atom stereocenters. The smallest absolute Gasteiger partial charge is 0.252 e. The second-order valence-electron chi connectivity index (χ2n) is 5.11. The second-order valence-corrected chi connectivity index (χ2v) is 8.19. The first-order chi connectivity index (χ1) is 9.32. The van der Waals surface area contributed by atoms with Crippen LogP contribution in [0.15, 0.2) is 15.7 Å². The second kappa shape index (κ2) is 5.71. The fourth-order valence-corrected chi connectivity index (χ4v) is 5.00. The van der Waals surface area contributed by atoms with E-state index < -0.39 is 10.0 Å². The van der Waals surface area contributed by atoms with Gasteiger partial charge in [0.1, 0.15) is 4.21 Å². The normalized spacial score (nSPS) is 18.1. The SMILES string of the molecule is CN(C)C(=O)C1CCN(S(=O)(=O)c2cc(N)cs2)CC1. The standard InChI is InChI=1S/C12H19N3O3S2/c1-14(2)12(16)9-3-5-15(6-4-9)20(17,18)11-7-10(13)8-19-11/h7-9H,3-6,13H2,1-2H3. The molecule has 0 spiro atoms. The summed E-state index contributed by atoms with van der Waals surface area (Å²) < 4.78 is 26.5. The van der Waals surface area contributed by atoms with Gasteiger partial charge in [0.25, 0.3) is 10.0 Å². The van der Waals surface area contributed by atoms with Crippen LogP contribution >= 0.6 is 11.3 Å². The molecule has 1 aliphatic rings. The van der Waals surface area contributed by atoms with Crippen LogP contribution < -0.4 is 5.73 Å². The molecule has 1 saturated heterocycles. The van der Waals surface area contributed by atoms with Crippen molar-refractivity contribution in [2.45, 2.75) is 17.1 Å². The molecule has 0 radical (unpaired) electrons. The highest BCUT2D eigenvalue weighted by Crippen LogP contribution is 2.28. The molecule has 0 aromatic carbocycles. The van der Waals surface area contributed by atoms with Crippen LogP contribution in [0.3, 0.4) is 0 Å². The van der Waals surface area contributed by atoms with E-state index in [1.54, 1.807) is 24.4 Å². The number of hydrogen-bond donors (Lipinski definition) is 1. The van der Waals surface area contributed by atoms with E-state index in [0.717, 1.165) is 11.3 Å². The van der Waals surface area contributed by atoms with Crippen molar-refractivity contribution in [2.24, 2.45) is 5.92 Å². The molecule has 112 valence electrons. The predicted molar refractivity (Wildman–Crippen MR) is 78.9 cm³/mol. The molecule has 2 rings (SSSR count). The lowest BCUT2D eigenvalue weighted by Gasteiger charge is -2.31. The van der Waals surface area contributed by atoms with Crippen LogP contribution in [0.25, 0.3) is 0 Å². The maximum absolute atomic E-state index is 12.4. The number of hydrogen-bond acceptors (Lipinski definition) is 5. The third-order valence-electron chi connectivity index (χ3n) is 3.43. The summed E-state index contributed by atoms with van der Waals surface area (Å²) in [4.78, 5) is 13.4. The highest BCUT2D eigenvalue weighted by molar-refractivity contribution is 7.91. The Morgan fingerprint density at radius 2 is 2.00 bits per heavy atom. The van der Waals surface area contributed by atoms with Crippen molar-refractivity contribution in [3.05, 3.63) is 11.4 Å². The van der Waals surface area contributed by atoms with Crippen molar-refractivity contribution >= 4 is 33.0 Å². The molecule has 1 aromatic rings. The number of rotatable bonds is 3. The largest absolute Gasteiger partial charge is 0.398 e. The van der Waals surface area contributed by atoms with Crippen LogP contribution in [0.2, 0.25) is 0 Å². The lowest BCUT2D eigenvalue weighted by Crippen LogP contribution is -2.42. The zero-order valence-electron chi connectivity index (χ0n) is 11.6. The van der Waals surface area contributed by atoms with E-state index in [1.165, 1.54) is 10.4 Å². The summed E-state index contributed by atoms with van der Waals surface area (Å²) in [6, 6.07) is 1.48. The van der Waals surface area contributed by atoms with Crippen LogP contribution in [0.1, 0.15) is 12.8 Å². The number of anilines is 1. The fourth-order valence-electron chi connectivity index (χ4n) is 2.30. The van der Waals surface area contributed by atoms with Crippen LogP contribution in [0.4, 0.5) is 5.69 Å². The number of carbonyl (C=O) groups excluding carboxylic acids is 1. The average molecular weight is 317 g/mol. The van der Waals surface area contributed by atoms with Gasteiger partial charge in [-0.2, -0.15) is 4.31 Å². The number of sulfonamides is 1. The first kappa shape index (κ1) is 15.3. The topological polar surface area (TPSA) is 83.7 Å². The Balaban J connectivity index is 2.05. The lowest BCUT2D eigenvalue weighted by molar-refractivity contribution is -0.134. The Bertz CT molecular complexity index is 587. The molecule has 0 unspecified atom stereocenters. The molecule has 1 aliphatic heterocycles. The van der Waals surface area contributed by atoms with E-state index in [0.29, 0.717) is 31.6 Å². The molecule has 20 heavy (non-hydrogen) atoms. The minimum atomic E-state index is -3.46. The number of nitrogens with zero attached hydrogens (tertiary/aromatic N) is 2. The van der Waals surface area contributed by atoms with Gasteiger partial charge < -0.3 is 10.6 Å². The predicted octanol–water partition coefficient (Wildman–Crippen LogP) is 0.819. The number of piperidine rings is 1. The number of amides is 1. The third kappa shape index (κ3) is 2.97. The summed E-state index contributed by atoms with van der Waals surface area (Å²) in [6.45, 7) is 0.759. The Labute approximate surface area is 123 Å². The van der Waals surface area contributed by atoms with E-state index in [2.05, 4.69) is 0 Å². The Kier molecular flexibility index (Phi) is 4.36. The summed E-state index contributed by atoms with van der Waals surface area (Å²) in [7, 11) is -0.0194. The highest BCUT2D eigenvalue weighted by atomic mass is 32.2. The van der Waals surface area contributed by atoms with Gasteiger partial charge in [-0.25, -0.2) is 8.42 Å². The molecule has 8 heteroatoms. The lowest BCUT2D eigenvalue weighted by atomic mass is 9.97. The molecule has 1 fully saturated rings. The summed E-state index contributed by atoms with van der Waals surface area (Å²) in [5.74, 6) is -0.00716. The van der Waals surface area contributed by atoms with Crippen molar-refractivity contribution < 1.29 is 13.2 Å². The van der Waals surface area contributed by atoms with Crippen molar-refractivity contribution in [1.29, 1.82) is 0 Å². The first-order valence-electron chi connectivity index (χ1n) is 6.37. The zero-order chi connectivity index (χ0) is 14.9. The summed E-state index contributed by atoms with van der Waals surface area (Å²) in [5.41, 5.74) is 6.04. The van der Waals surface area contributed by atoms with E-state index in [9.17, 15) is 13.2 Å². The van der Waals surface area contributed by atoms with Gasteiger partial charge in [-0.05, 0) is 18.9 Å². The van der Waals surface area contributed by atoms with Crippen LogP contribution in [0, 0.1) is 5.92 Å². The number of nitrogens with two attached hydrogens (primary N) is 1.